The van der Waals surface area contributed by atoms with Crippen molar-refractivity contribution in [3.8, 4) is 0 Å². The number of carbonyl (C=O) groups excluding carboxylic acids is 1. The van der Waals surface area contributed by atoms with Crippen LogP contribution in [-0.4, -0.2) is 38.4 Å². The van der Waals surface area contributed by atoms with Gasteiger partial charge in [0.1, 0.15) is 10.3 Å². The summed E-state index contributed by atoms with van der Waals surface area (Å²) in [6, 6.07) is 2.58. The van der Waals surface area contributed by atoms with Crippen molar-refractivity contribution in [2.45, 2.75) is 43.4 Å². The predicted octanol–water partition coefficient (Wildman–Crippen LogP) is 2.06. The average Bonchev–Trinajstić information content (AvgIpc) is 3.09. The number of hydrogen-bond acceptors (Lipinski definition) is 4. The summed E-state index contributed by atoms with van der Waals surface area (Å²) >= 11 is 1.16. The van der Waals surface area contributed by atoms with Crippen LogP contribution in [0.3, 0.4) is 0 Å². The molecule has 0 spiro atoms. The maximum Gasteiger partial charge on any atom is 0.250 e. The third kappa shape index (κ3) is 4.28. The van der Waals surface area contributed by atoms with Gasteiger partial charge in [0.15, 0.2) is 0 Å². The van der Waals surface area contributed by atoms with E-state index < -0.39 is 16.1 Å². The number of thiophene rings is 1. The van der Waals surface area contributed by atoms with E-state index in [9.17, 15) is 13.2 Å². The van der Waals surface area contributed by atoms with Crippen LogP contribution in [-0.2, 0) is 14.8 Å². The zero-order chi connectivity index (χ0) is 15.5. The van der Waals surface area contributed by atoms with E-state index in [-0.39, 0.29) is 16.0 Å². The third-order valence-corrected chi connectivity index (χ3v) is 6.35. The van der Waals surface area contributed by atoms with Crippen LogP contribution in [0.1, 0.15) is 33.1 Å². The summed E-state index contributed by atoms with van der Waals surface area (Å²) in [4.78, 5) is 14.3. The van der Waals surface area contributed by atoms with Crippen molar-refractivity contribution in [3.05, 3.63) is 17.5 Å². The first-order valence-corrected chi connectivity index (χ1v) is 9.61. The lowest BCUT2D eigenvalue weighted by molar-refractivity contribution is -0.132. The molecule has 1 atom stereocenters. The first-order valence-electron chi connectivity index (χ1n) is 7.25. The fourth-order valence-corrected chi connectivity index (χ4v) is 4.70. The van der Waals surface area contributed by atoms with Gasteiger partial charge in [0.2, 0.25) is 5.91 Å². The monoisotopic (exact) mass is 330 g/mol. The van der Waals surface area contributed by atoms with E-state index in [0.29, 0.717) is 6.42 Å². The summed E-state index contributed by atoms with van der Waals surface area (Å²) in [5, 5.41) is 1.72. The summed E-state index contributed by atoms with van der Waals surface area (Å²) in [6.45, 7) is 5.44. The topological polar surface area (TPSA) is 66.5 Å². The molecule has 1 aromatic heterocycles. The molecule has 2 rings (SSSR count). The predicted molar refractivity (Wildman–Crippen MR) is 83.7 cm³/mol. The Morgan fingerprint density at radius 2 is 2.05 bits per heavy atom. The van der Waals surface area contributed by atoms with Gasteiger partial charge in [-0.2, -0.15) is 4.72 Å². The molecule has 1 amide bonds. The van der Waals surface area contributed by atoms with E-state index >= 15 is 0 Å². The molecule has 1 aliphatic heterocycles. The van der Waals surface area contributed by atoms with Crippen molar-refractivity contribution < 1.29 is 13.2 Å². The fourth-order valence-electron chi connectivity index (χ4n) is 2.49. The summed E-state index contributed by atoms with van der Waals surface area (Å²) in [5.41, 5.74) is 0. The van der Waals surface area contributed by atoms with Crippen LogP contribution in [0.5, 0.6) is 0 Å². The molecule has 0 bridgehead atoms. The van der Waals surface area contributed by atoms with Crippen LogP contribution in [0.2, 0.25) is 0 Å². The Bertz CT molecular complexity index is 561. The van der Waals surface area contributed by atoms with Gasteiger partial charge in [-0.1, -0.05) is 19.9 Å². The lowest BCUT2D eigenvalue weighted by Gasteiger charge is -2.24. The highest BCUT2D eigenvalue weighted by molar-refractivity contribution is 7.91. The van der Waals surface area contributed by atoms with Crippen LogP contribution < -0.4 is 4.72 Å². The number of nitrogens with zero attached hydrogens (tertiary/aromatic N) is 1. The molecule has 0 aromatic carbocycles. The molecule has 1 aromatic rings. The first kappa shape index (κ1) is 16.5. The molecule has 1 saturated heterocycles. The zero-order valence-corrected chi connectivity index (χ0v) is 14.0. The molecule has 5 nitrogen and oxygen atoms in total. The lowest BCUT2D eigenvalue weighted by Crippen LogP contribution is -2.48. The number of carbonyl (C=O) groups is 1. The Morgan fingerprint density at radius 1 is 1.38 bits per heavy atom. The Labute approximate surface area is 130 Å². The van der Waals surface area contributed by atoms with Gasteiger partial charge in [-0.3, -0.25) is 4.79 Å². The van der Waals surface area contributed by atoms with E-state index in [1.165, 1.54) is 0 Å². The molecule has 0 saturated carbocycles. The highest BCUT2D eigenvalue weighted by Crippen LogP contribution is 2.19. The second kappa shape index (κ2) is 6.89. The largest absolute Gasteiger partial charge is 0.341 e. The quantitative estimate of drug-likeness (QED) is 0.868. The van der Waals surface area contributed by atoms with Gasteiger partial charge in [-0.05, 0) is 36.6 Å². The average molecular weight is 330 g/mol. The molecule has 118 valence electrons. The SMILES string of the molecule is CC(C)C[C@@H](NS(=O)(=O)c1cccs1)C(=O)N1CCCC1. The van der Waals surface area contributed by atoms with E-state index in [4.69, 9.17) is 0 Å². The normalized spacial score (nSPS) is 17.4. The third-order valence-electron chi connectivity index (χ3n) is 3.48. The number of nitrogens with one attached hydrogen (secondary N) is 1. The van der Waals surface area contributed by atoms with Gasteiger partial charge in [0.05, 0.1) is 0 Å². The highest BCUT2D eigenvalue weighted by atomic mass is 32.2. The van der Waals surface area contributed by atoms with Crippen LogP contribution in [0, 0.1) is 5.92 Å². The molecule has 7 heteroatoms. The van der Waals surface area contributed by atoms with E-state index in [1.807, 2.05) is 13.8 Å². The van der Waals surface area contributed by atoms with Crippen molar-refractivity contribution in [1.29, 1.82) is 0 Å². The Hall–Kier alpha value is -0.920. The maximum atomic E-state index is 12.5. The smallest absolute Gasteiger partial charge is 0.250 e. The van der Waals surface area contributed by atoms with Crippen molar-refractivity contribution in [3.63, 3.8) is 0 Å². The minimum absolute atomic E-state index is 0.0960. The maximum absolute atomic E-state index is 12.5. The summed E-state index contributed by atoms with van der Waals surface area (Å²) < 4.78 is 27.5. The number of hydrogen-bond donors (Lipinski definition) is 1. The molecule has 2 heterocycles. The molecule has 1 fully saturated rings. The molecular formula is C14H22N2O3S2. The van der Waals surface area contributed by atoms with Gasteiger partial charge >= 0.3 is 0 Å². The number of sulfonamides is 1. The molecule has 1 aliphatic rings. The lowest BCUT2D eigenvalue weighted by atomic mass is 10.0. The van der Waals surface area contributed by atoms with Crippen molar-refractivity contribution in [1.82, 2.24) is 9.62 Å². The van der Waals surface area contributed by atoms with Crippen LogP contribution in [0.25, 0.3) is 0 Å². The highest BCUT2D eigenvalue weighted by Gasteiger charge is 2.31. The zero-order valence-electron chi connectivity index (χ0n) is 12.4. The molecular weight excluding hydrogens is 308 g/mol. The van der Waals surface area contributed by atoms with E-state index in [2.05, 4.69) is 4.72 Å². The second-order valence-corrected chi connectivity index (χ2v) is 8.66. The Morgan fingerprint density at radius 3 is 2.57 bits per heavy atom. The van der Waals surface area contributed by atoms with Gasteiger partial charge in [0.25, 0.3) is 10.0 Å². The second-order valence-electron chi connectivity index (χ2n) is 5.77. The van der Waals surface area contributed by atoms with Gasteiger partial charge in [-0.25, -0.2) is 8.42 Å². The number of rotatable bonds is 6. The molecule has 0 radical (unpaired) electrons. The van der Waals surface area contributed by atoms with Crippen LogP contribution in [0.15, 0.2) is 21.7 Å². The fraction of sp³-hybridized carbons (Fsp3) is 0.643. The Balaban J connectivity index is 2.14. The van der Waals surface area contributed by atoms with Crippen molar-refractivity contribution in [2.75, 3.05) is 13.1 Å². The minimum Gasteiger partial charge on any atom is -0.341 e. The van der Waals surface area contributed by atoms with Gasteiger partial charge in [-0.15, -0.1) is 11.3 Å². The first-order chi connectivity index (χ1) is 9.90. The molecule has 0 unspecified atom stereocenters. The van der Waals surface area contributed by atoms with Crippen molar-refractivity contribution in [2.24, 2.45) is 5.92 Å². The number of likely N-dealkylation sites (tertiary alicyclic amines) is 1. The minimum atomic E-state index is -3.62. The summed E-state index contributed by atoms with van der Waals surface area (Å²) in [6.07, 6.45) is 2.51. The van der Waals surface area contributed by atoms with Crippen molar-refractivity contribution >= 4 is 27.3 Å². The summed E-state index contributed by atoms with van der Waals surface area (Å²) in [5.74, 6) is 0.147. The van der Waals surface area contributed by atoms with E-state index in [0.717, 1.165) is 37.3 Å². The van der Waals surface area contributed by atoms with Crippen LogP contribution >= 0.6 is 11.3 Å². The number of amides is 1. The van der Waals surface area contributed by atoms with Gasteiger partial charge < -0.3 is 4.90 Å². The molecule has 0 aliphatic carbocycles. The van der Waals surface area contributed by atoms with Crippen LogP contribution in [0.4, 0.5) is 0 Å². The molecule has 21 heavy (non-hydrogen) atoms. The summed E-state index contributed by atoms with van der Waals surface area (Å²) in [7, 11) is -3.62. The van der Waals surface area contributed by atoms with Gasteiger partial charge in [0, 0.05) is 13.1 Å². The van der Waals surface area contributed by atoms with E-state index in [1.54, 1.807) is 22.4 Å². The molecule has 1 N–H and O–H groups in total. The standard InChI is InChI=1S/C14H22N2O3S2/c1-11(2)10-12(14(17)16-7-3-4-8-16)15-21(18,19)13-6-5-9-20-13/h5-6,9,11-12,15H,3-4,7-8,10H2,1-2H3/t12-/m1/s1. The Kier molecular flexibility index (Phi) is 5.40.